The number of nitrogens with one attached hydrogen (secondary N) is 2. The summed E-state index contributed by atoms with van der Waals surface area (Å²) in [6, 6.07) is 4.38. The van der Waals surface area contributed by atoms with Crippen LogP contribution in [0, 0.1) is 11.8 Å². The fourth-order valence-corrected chi connectivity index (χ4v) is 3.41. The highest BCUT2D eigenvalue weighted by Gasteiger charge is 2.53. The SMILES string of the molecule is O=C1NCCc2ccc(CNC(=O)N3C[C@@H](C(F)(F)F)[C@H](C(=O)O)C3)cc21. The third kappa shape index (κ3) is 3.99. The molecule has 0 aromatic heterocycles. The van der Waals surface area contributed by atoms with Gasteiger partial charge in [-0.3, -0.25) is 9.59 Å². The molecule has 1 fully saturated rings. The van der Waals surface area contributed by atoms with Crippen molar-refractivity contribution in [2.75, 3.05) is 19.6 Å². The molecule has 0 spiro atoms. The van der Waals surface area contributed by atoms with Crippen LogP contribution in [0.4, 0.5) is 18.0 Å². The third-order valence-corrected chi connectivity index (χ3v) is 4.89. The van der Waals surface area contributed by atoms with Gasteiger partial charge in [0, 0.05) is 31.7 Å². The predicted octanol–water partition coefficient (Wildman–Crippen LogP) is 1.38. The summed E-state index contributed by atoms with van der Waals surface area (Å²) in [5.74, 6) is -5.55. The number of aliphatic carboxylic acids is 1. The van der Waals surface area contributed by atoms with E-state index in [0.717, 1.165) is 10.5 Å². The van der Waals surface area contributed by atoms with E-state index in [1.165, 1.54) is 0 Å². The van der Waals surface area contributed by atoms with E-state index in [1.54, 1.807) is 18.2 Å². The number of nitrogens with zero attached hydrogens (tertiary/aromatic N) is 1. The normalized spacial score (nSPS) is 22.2. The Kier molecular flexibility index (Phi) is 4.99. The van der Waals surface area contributed by atoms with E-state index in [0.29, 0.717) is 24.1 Å². The minimum absolute atomic E-state index is 0.0182. The molecule has 1 aromatic carbocycles. The van der Waals surface area contributed by atoms with Crippen LogP contribution in [0.1, 0.15) is 21.5 Å². The van der Waals surface area contributed by atoms with Gasteiger partial charge in [0.15, 0.2) is 0 Å². The number of carboxylic acid groups (broad SMARTS) is 1. The number of carbonyl (C=O) groups excluding carboxylic acids is 2. The van der Waals surface area contributed by atoms with Gasteiger partial charge in [0.25, 0.3) is 5.91 Å². The molecular weight excluding hydrogens is 367 g/mol. The van der Waals surface area contributed by atoms with Gasteiger partial charge in [-0.25, -0.2) is 4.79 Å². The maximum atomic E-state index is 13.0. The molecule has 0 bridgehead atoms. The molecule has 0 unspecified atom stereocenters. The number of likely N-dealkylation sites (tertiary alicyclic amines) is 1. The molecular formula is C17H18F3N3O4. The zero-order chi connectivity index (χ0) is 19.8. The number of urea groups is 1. The number of rotatable bonds is 3. The summed E-state index contributed by atoms with van der Waals surface area (Å²) >= 11 is 0. The molecule has 2 aliphatic heterocycles. The molecule has 146 valence electrons. The zero-order valence-corrected chi connectivity index (χ0v) is 14.2. The molecule has 1 saturated heterocycles. The van der Waals surface area contributed by atoms with E-state index in [1.807, 2.05) is 0 Å². The van der Waals surface area contributed by atoms with Gasteiger partial charge in [-0.2, -0.15) is 13.2 Å². The summed E-state index contributed by atoms with van der Waals surface area (Å²) < 4.78 is 39.0. The second-order valence-electron chi connectivity index (χ2n) is 6.65. The Morgan fingerprint density at radius 2 is 2.04 bits per heavy atom. The zero-order valence-electron chi connectivity index (χ0n) is 14.2. The summed E-state index contributed by atoms with van der Waals surface area (Å²) in [6.07, 6.45) is -3.99. The average Bonchev–Trinajstić information content (AvgIpc) is 3.06. The van der Waals surface area contributed by atoms with Gasteiger partial charge in [-0.15, -0.1) is 0 Å². The molecule has 3 amide bonds. The summed E-state index contributed by atoms with van der Waals surface area (Å²) in [7, 11) is 0. The van der Waals surface area contributed by atoms with Crippen LogP contribution in [-0.4, -0.2) is 53.7 Å². The Morgan fingerprint density at radius 3 is 2.67 bits per heavy atom. The van der Waals surface area contributed by atoms with Gasteiger partial charge < -0.3 is 20.6 Å². The van der Waals surface area contributed by atoms with Gasteiger partial charge in [0.05, 0.1) is 11.8 Å². The van der Waals surface area contributed by atoms with Crippen molar-refractivity contribution >= 4 is 17.9 Å². The lowest BCUT2D eigenvalue weighted by molar-refractivity contribution is -0.187. The number of carboxylic acids is 1. The van der Waals surface area contributed by atoms with Crippen molar-refractivity contribution in [2.24, 2.45) is 11.8 Å². The second kappa shape index (κ2) is 7.09. The van der Waals surface area contributed by atoms with Gasteiger partial charge in [0.1, 0.15) is 0 Å². The number of carbonyl (C=O) groups is 3. The first-order valence-electron chi connectivity index (χ1n) is 8.39. The Bertz CT molecular complexity index is 781. The molecule has 1 aromatic rings. The lowest BCUT2D eigenvalue weighted by Crippen LogP contribution is -2.39. The van der Waals surface area contributed by atoms with Crippen LogP contribution in [0.15, 0.2) is 18.2 Å². The maximum absolute atomic E-state index is 13.0. The lowest BCUT2D eigenvalue weighted by atomic mass is 9.96. The lowest BCUT2D eigenvalue weighted by Gasteiger charge is -2.19. The highest BCUT2D eigenvalue weighted by molar-refractivity contribution is 5.96. The predicted molar refractivity (Wildman–Crippen MR) is 87.0 cm³/mol. The topological polar surface area (TPSA) is 98.7 Å². The van der Waals surface area contributed by atoms with Crippen molar-refractivity contribution in [3.05, 3.63) is 34.9 Å². The number of amides is 3. The van der Waals surface area contributed by atoms with E-state index >= 15 is 0 Å². The maximum Gasteiger partial charge on any atom is 0.394 e. The number of hydrogen-bond donors (Lipinski definition) is 3. The Balaban J connectivity index is 1.64. The summed E-state index contributed by atoms with van der Waals surface area (Å²) in [4.78, 5) is 36.0. The molecule has 2 aliphatic rings. The van der Waals surface area contributed by atoms with Crippen LogP contribution in [0.2, 0.25) is 0 Å². The fourth-order valence-electron chi connectivity index (χ4n) is 3.41. The molecule has 0 aliphatic carbocycles. The third-order valence-electron chi connectivity index (χ3n) is 4.89. The molecule has 7 nitrogen and oxygen atoms in total. The van der Waals surface area contributed by atoms with Gasteiger partial charge >= 0.3 is 18.2 Å². The highest BCUT2D eigenvalue weighted by atomic mass is 19.4. The standard InChI is InChI=1S/C17H18F3N3O4/c18-17(19,20)13-8-23(7-12(13)15(25)26)16(27)22-6-9-1-2-10-3-4-21-14(24)11(10)5-9/h1-2,5,12-13H,3-4,6-8H2,(H,21,24)(H,22,27)(H,25,26)/t12-,13-/m1/s1. The molecule has 10 heteroatoms. The number of benzene rings is 1. The van der Waals surface area contributed by atoms with E-state index in [4.69, 9.17) is 5.11 Å². The van der Waals surface area contributed by atoms with Crippen LogP contribution in [0.25, 0.3) is 0 Å². The minimum atomic E-state index is -4.69. The van der Waals surface area contributed by atoms with Gasteiger partial charge in [-0.05, 0) is 23.6 Å². The van der Waals surface area contributed by atoms with E-state index < -0.39 is 43.1 Å². The molecule has 27 heavy (non-hydrogen) atoms. The fraction of sp³-hybridized carbons (Fsp3) is 0.471. The van der Waals surface area contributed by atoms with Gasteiger partial charge in [0.2, 0.25) is 0 Å². The first-order chi connectivity index (χ1) is 12.7. The minimum Gasteiger partial charge on any atom is -0.481 e. The second-order valence-corrected chi connectivity index (χ2v) is 6.65. The van der Waals surface area contributed by atoms with Crippen LogP contribution in [0.3, 0.4) is 0 Å². The van der Waals surface area contributed by atoms with Crippen LogP contribution in [-0.2, 0) is 17.8 Å². The van der Waals surface area contributed by atoms with E-state index in [-0.39, 0.29) is 12.5 Å². The van der Waals surface area contributed by atoms with E-state index in [2.05, 4.69) is 10.6 Å². The molecule has 3 N–H and O–H groups in total. The summed E-state index contributed by atoms with van der Waals surface area (Å²) in [5, 5.41) is 14.2. The van der Waals surface area contributed by atoms with Crippen molar-refractivity contribution in [2.45, 2.75) is 19.1 Å². The average molecular weight is 385 g/mol. The quantitative estimate of drug-likeness (QED) is 0.732. The van der Waals surface area contributed by atoms with Crippen LogP contribution >= 0.6 is 0 Å². The first-order valence-corrected chi connectivity index (χ1v) is 8.39. The smallest absolute Gasteiger partial charge is 0.394 e. The molecule has 0 radical (unpaired) electrons. The van der Waals surface area contributed by atoms with Crippen molar-refractivity contribution in [3.63, 3.8) is 0 Å². The summed E-state index contributed by atoms with van der Waals surface area (Å²) in [5.41, 5.74) is 2.03. The Morgan fingerprint density at radius 1 is 1.30 bits per heavy atom. The number of hydrogen-bond acceptors (Lipinski definition) is 3. The van der Waals surface area contributed by atoms with Gasteiger partial charge in [-0.1, -0.05) is 12.1 Å². The van der Waals surface area contributed by atoms with Crippen molar-refractivity contribution < 1.29 is 32.7 Å². The van der Waals surface area contributed by atoms with Crippen molar-refractivity contribution in [1.82, 2.24) is 15.5 Å². The molecule has 0 saturated carbocycles. The molecule has 3 rings (SSSR count). The van der Waals surface area contributed by atoms with Crippen molar-refractivity contribution in [3.8, 4) is 0 Å². The molecule has 2 atom stereocenters. The number of fused-ring (bicyclic) bond motifs is 1. The highest BCUT2D eigenvalue weighted by Crippen LogP contribution is 2.37. The van der Waals surface area contributed by atoms with Crippen LogP contribution in [0.5, 0.6) is 0 Å². The number of alkyl halides is 3. The largest absolute Gasteiger partial charge is 0.481 e. The number of halogens is 3. The molecule has 2 heterocycles. The van der Waals surface area contributed by atoms with Crippen molar-refractivity contribution in [1.29, 1.82) is 0 Å². The van der Waals surface area contributed by atoms with Crippen LogP contribution < -0.4 is 10.6 Å². The summed E-state index contributed by atoms with van der Waals surface area (Å²) in [6.45, 7) is -0.622. The Hall–Kier alpha value is -2.78. The monoisotopic (exact) mass is 385 g/mol. The Labute approximate surface area is 152 Å². The van der Waals surface area contributed by atoms with E-state index in [9.17, 15) is 27.6 Å². The first kappa shape index (κ1) is 19.0.